The average Bonchev–Trinajstić information content (AvgIpc) is 3.04. The summed E-state index contributed by atoms with van der Waals surface area (Å²) in [6, 6.07) is 30.1. The molecule has 0 saturated carbocycles. The van der Waals surface area contributed by atoms with Gasteiger partial charge in [-0.3, -0.25) is 0 Å². The number of para-hydroxylation sites is 2. The van der Waals surface area contributed by atoms with Crippen LogP contribution in [0.1, 0.15) is 11.1 Å². The molecule has 0 aliphatic carbocycles. The van der Waals surface area contributed by atoms with Crippen LogP contribution in [0.4, 0.5) is 0 Å². The fourth-order valence-corrected chi connectivity index (χ4v) is 3.39. The molecule has 2 heteroatoms. The van der Waals surface area contributed by atoms with E-state index in [-0.39, 0.29) is 0 Å². The molecule has 1 aromatic heterocycles. The monoisotopic (exact) mass is 327 g/mol. The molecule has 0 atom stereocenters. The molecule has 124 valence electrons. The van der Waals surface area contributed by atoms with Gasteiger partial charge in [0.05, 0.1) is 13.1 Å². The van der Waals surface area contributed by atoms with Crippen molar-refractivity contribution in [2.45, 2.75) is 25.9 Å². The summed E-state index contributed by atoms with van der Waals surface area (Å²) in [4.78, 5) is 0. The minimum absolute atomic E-state index is 1.00. The Morgan fingerprint density at radius 1 is 0.640 bits per heavy atom. The minimum Gasteiger partial charge on any atom is -0.230 e. The third kappa shape index (κ3) is 3.63. The summed E-state index contributed by atoms with van der Waals surface area (Å²) in [6.07, 6.45) is 4.38. The van der Waals surface area contributed by atoms with Crippen molar-refractivity contribution in [1.29, 1.82) is 0 Å². The van der Waals surface area contributed by atoms with E-state index < -0.39 is 0 Å². The van der Waals surface area contributed by atoms with E-state index in [1.807, 2.05) is 0 Å². The van der Waals surface area contributed by atoms with Gasteiger partial charge in [-0.15, -0.1) is 0 Å². The van der Waals surface area contributed by atoms with Gasteiger partial charge < -0.3 is 0 Å². The van der Waals surface area contributed by atoms with Gasteiger partial charge in [0.1, 0.15) is 0 Å². The number of hydrogen-bond acceptors (Lipinski definition) is 0. The SMILES string of the molecule is c1ccc(CCn2c[n+](CCc3ccccc3)c3ccccc32)cc1. The molecule has 4 rings (SSSR count). The highest BCUT2D eigenvalue weighted by Crippen LogP contribution is 2.13. The van der Waals surface area contributed by atoms with Crippen LogP contribution in [0.15, 0.2) is 91.3 Å². The van der Waals surface area contributed by atoms with Crippen molar-refractivity contribution in [3.8, 4) is 0 Å². The number of nitrogens with zero attached hydrogens (tertiary/aromatic N) is 2. The first-order valence-electron chi connectivity index (χ1n) is 8.95. The molecule has 0 fully saturated rings. The maximum Gasteiger partial charge on any atom is 0.244 e. The van der Waals surface area contributed by atoms with Crippen molar-refractivity contribution < 1.29 is 4.57 Å². The van der Waals surface area contributed by atoms with E-state index >= 15 is 0 Å². The van der Waals surface area contributed by atoms with Crippen LogP contribution in [-0.4, -0.2) is 4.57 Å². The van der Waals surface area contributed by atoms with Gasteiger partial charge in [0, 0.05) is 12.8 Å². The van der Waals surface area contributed by atoms with Crippen LogP contribution in [-0.2, 0) is 25.9 Å². The van der Waals surface area contributed by atoms with Crippen molar-refractivity contribution in [2.24, 2.45) is 0 Å². The van der Waals surface area contributed by atoms with Gasteiger partial charge in [-0.25, -0.2) is 9.13 Å². The molecule has 0 aliphatic rings. The molecule has 4 aromatic rings. The van der Waals surface area contributed by atoms with E-state index in [4.69, 9.17) is 0 Å². The summed E-state index contributed by atoms with van der Waals surface area (Å²) in [7, 11) is 0. The zero-order valence-corrected chi connectivity index (χ0v) is 14.4. The topological polar surface area (TPSA) is 8.81 Å². The number of hydrogen-bond donors (Lipinski definition) is 0. The van der Waals surface area contributed by atoms with Crippen LogP contribution in [0.25, 0.3) is 11.0 Å². The fourth-order valence-electron chi connectivity index (χ4n) is 3.39. The van der Waals surface area contributed by atoms with Crippen molar-refractivity contribution in [3.05, 3.63) is 102 Å². The minimum atomic E-state index is 1.00. The predicted octanol–water partition coefficient (Wildman–Crippen LogP) is 4.41. The van der Waals surface area contributed by atoms with Crippen molar-refractivity contribution in [2.75, 3.05) is 0 Å². The van der Waals surface area contributed by atoms with Crippen LogP contribution in [0.5, 0.6) is 0 Å². The van der Waals surface area contributed by atoms with E-state index in [1.54, 1.807) is 0 Å². The molecule has 0 aliphatic heterocycles. The second-order valence-electron chi connectivity index (χ2n) is 6.46. The zero-order chi connectivity index (χ0) is 16.9. The molecule has 0 spiro atoms. The molecular formula is C23H23N2+. The van der Waals surface area contributed by atoms with E-state index in [9.17, 15) is 0 Å². The number of aromatic nitrogens is 2. The van der Waals surface area contributed by atoms with Gasteiger partial charge in [-0.05, 0) is 23.3 Å². The lowest BCUT2D eigenvalue weighted by molar-refractivity contribution is -0.671. The van der Waals surface area contributed by atoms with Crippen LogP contribution in [0, 0.1) is 0 Å². The molecular weight excluding hydrogens is 304 g/mol. The lowest BCUT2D eigenvalue weighted by Crippen LogP contribution is -2.33. The Bertz CT molecular complexity index is 862. The standard InChI is InChI=1S/C23H23N2/c1-3-9-20(10-4-1)15-17-24-19-25(23-14-8-7-13-22(23)24)18-16-21-11-5-2-6-12-21/h1-14,19H,15-18H2/q+1. The first kappa shape index (κ1) is 15.6. The molecule has 0 saturated heterocycles. The lowest BCUT2D eigenvalue weighted by Gasteiger charge is -1.99. The first-order chi connectivity index (χ1) is 12.4. The van der Waals surface area contributed by atoms with Crippen LogP contribution in [0.3, 0.4) is 0 Å². The molecule has 0 radical (unpaired) electrons. The van der Waals surface area contributed by atoms with Crippen LogP contribution in [0.2, 0.25) is 0 Å². The molecule has 2 nitrogen and oxygen atoms in total. The number of rotatable bonds is 6. The van der Waals surface area contributed by atoms with E-state index in [2.05, 4.69) is 100 Å². The summed E-state index contributed by atoms with van der Waals surface area (Å²) in [6.45, 7) is 2.01. The Balaban J connectivity index is 1.55. The first-order valence-corrected chi connectivity index (χ1v) is 8.95. The highest BCUT2D eigenvalue weighted by atomic mass is 15.1. The molecule has 0 bridgehead atoms. The third-order valence-electron chi connectivity index (χ3n) is 4.75. The summed E-state index contributed by atoms with van der Waals surface area (Å²) in [5, 5.41) is 0. The number of aryl methyl sites for hydroxylation is 4. The molecule has 0 amide bonds. The Hall–Kier alpha value is -2.87. The fraction of sp³-hybridized carbons (Fsp3) is 0.174. The summed E-state index contributed by atoms with van der Waals surface area (Å²) in [5.74, 6) is 0. The Morgan fingerprint density at radius 3 is 1.96 bits per heavy atom. The van der Waals surface area contributed by atoms with E-state index in [0.29, 0.717) is 0 Å². The molecule has 25 heavy (non-hydrogen) atoms. The third-order valence-corrected chi connectivity index (χ3v) is 4.75. The quantitative estimate of drug-likeness (QED) is 0.464. The van der Waals surface area contributed by atoms with Gasteiger partial charge >= 0.3 is 0 Å². The van der Waals surface area contributed by atoms with Crippen LogP contribution < -0.4 is 4.57 Å². The second-order valence-corrected chi connectivity index (χ2v) is 6.46. The van der Waals surface area contributed by atoms with Gasteiger partial charge in [0.15, 0.2) is 11.0 Å². The lowest BCUT2D eigenvalue weighted by atomic mass is 10.1. The maximum absolute atomic E-state index is 2.38. The Kier molecular flexibility index (Phi) is 4.60. The predicted molar refractivity (Wildman–Crippen MR) is 102 cm³/mol. The molecule has 0 N–H and O–H groups in total. The van der Waals surface area contributed by atoms with Crippen LogP contribution >= 0.6 is 0 Å². The van der Waals surface area contributed by atoms with Crippen molar-refractivity contribution >= 4 is 11.0 Å². The zero-order valence-electron chi connectivity index (χ0n) is 14.4. The Labute approximate surface area is 149 Å². The van der Waals surface area contributed by atoms with Crippen molar-refractivity contribution in [1.82, 2.24) is 4.57 Å². The van der Waals surface area contributed by atoms with Gasteiger partial charge in [0.2, 0.25) is 6.33 Å². The number of fused-ring (bicyclic) bond motifs is 1. The summed E-state index contributed by atoms with van der Waals surface area (Å²) < 4.78 is 4.76. The molecule has 0 unspecified atom stereocenters. The Morgan fingerprint density at radius 2 is 1.24 bits per heavy atom. The van der Waals surface area contributed by atoms with Gasteiger partial charge in [-0.2, -0.15) is 0 Å². The number of imidazole rings is 1. The molecule has 1 heterocycles. The largest absolute Gasteiger partial charge is 0.244 e. The van der Waals surface area contributed by atoms with Gasteiger partial charge in [0.25, 0.3) is 0 Å². The average molecular weight is 327 g/mol. The van der Waals surface area contributed by atoms with Gasteiger partial charge in [-0.1, -0.05) is 72.8 Å². The van der Waals surface area contributed by atoms with E-state index in [0.717, 1.165) is 25.9 Å². The highest BCUT2D eigenvalue weighted by Gasteiger charge is 2.14. The summed E-state index contributed by atoms with van der Waals surface area (Å²) >= 11 is 0. The number of benzene rings is 3. The maximum atomic E-state index is 2.38. The molecule has 3 aromatic carbocycles. The van der Waals surface area contributed by atoms with E-state index in [1.165, 1.54) is 22.2 Å². The summed E-state index contributed by atoms with van der Waals surface area (Å²) in [5.41, 5.74) is 5.39. The smallest absolute Gasteiger partial charge is 0.230 e. The normalized spacial score (nSPS) is 11.0. The highest BCUT2D eigenvalue weighted by molar-refractivity contribution is 5.71. The van der Waals surface area contributed by atoms with Crippen molar-refractivity contribution in [3.63, 3.8) is 0 Å². The second kappa shape index (κ2) is 7.35.